The summed E-state index contributed by atoms with van der Waals surface area (Å²) in [6.07, 6.45) is 1.98. The highest BCUT2D eigenvalue weighted by Gasteiger charge is 2.20. The van der Waals surface area contributed by atoms with E-state index >= 15 is 0 Å². The number of rotatable bonds is 4. The third-order valence-corrected chi connectivity index (χ3v) is 4.54. The second-order valence-electron chi connectivity index (χ2n) is 7.02. The maximum absolute atomic E-state index is 4.73. The van der Waals surface area contributed by atoms with Gasteiger partial charge in [-0.15, -0.1) is 0 Å². The topological polar surface area (TPSA) is 17.8 Å². The van der Waals surface area contributed by atoms with Gasteiger partial charge < -0.3 is 0 Å². The molecule has 0 atom stereocenters. The lowest BCUT2D eigenvalue weighted by Gasteiger charge is -2.23. The van der Waals surface area contributed by atoms with Gasteiger partial charge in [-0.25, -0.2) is 4.98 Å². The molecule has 124 valence electrons. The van der Waals surface area contributed by atoms with Crippen molar-refractivity contribution < 1.29 is 0 Å². The molecule has 0 unspecified atom stereocenters. The van der Waals surface area contributed by atoms with E-state index in [4.69, 9.17) is 4.98 Å². The second-order valence-corrected chi connectivity index (χ2v) is 7.02. The Hall–Kier alpha value is -2.35. The van der Waals surface area contributed by atoms with Crippen LogP contribution in [-0.4, -0.2) is 9.55 Å². The third kappa shape index (κ3) is 2.89. The van der Waals surface area contributed by atoms with Crippen molar-refractivity contribution in [3.8, 4) is 17.1 Å². The predicted molar refractivity (Wildman–Crippen MR) is 102 cm³/mol. The Bertz CT molecular complexity index is 800. The number of hydrogen-bond donors (Lipinski definition) is 0. The number of imidazole rings is 1. The zero-order valence-electron chi connectivity index (χ0n) is 15.2. The highest BCUT2D eigenvalue weighted by molar-refractivity contribution is 5.63. The van der Waals surface area contributed by atoms with Crippen molar-refractivity contribution in [2.75, 3.05) is 0 Å². The van der Waals surface area contributed by atoms with E-state index < -0.39 is 0 Å². The molecule has 0 spiro atoms. The molecule has 24 heavy (non-hydrogen) atoms. The van der Waals surface area contributed by atoms with Gasteiger partial charge in [0.2, 0.25) is 0 Å². The van der Waals surface area contributed by atoms with Crippen molar-refractivity contribution in [2.24, 2.45) is 0 Å². The zero-order valence-corrected chi connectivity index (χ0v) is 15.2. The number of para-hydroxylation sites is 1. The standard InChI is InChI=1S/C22H26N2/c1-15(2)19-12-9-13-20(16(3)4)21(19)24-17(5)14-23-22(24)18-10-7-6-8-11-18/h6-16H,1-5H3. The summed E-state index contributed by atoms with van der Waals surface area (Å²) in [7, 11) is 0. The Balaban J connectivity index is 2.33. The number of benzene rings is 2. The fourth-order valence-electron chi connectivity index (χ4n) is 3.28. The summed E-state index contributed by atoms with van der Waals surface area (Å²) in [4.78, 5) is 4.73. The van der Waals surface area contributed by atoms with Crippen LogP contribution in [0.15, 0.2) is 54.7 Å². The zero-order chi connectivity index (χ0) is 17.3. The molecule has 0 saturated heterocycles. The average molecular weight is 318 g/mol. The molecule has 0 aliphatic carbocycles. The highest BCUT2D eigenvalue weighted by Crippen LogP contribution is 2.34. The number of aryl methyl sites for hydroxylation is 1. The number of nitrogens with zero attached hydrogens (tertiary/aromatic N) is 2. The van der Waals surface area contributed by atoms with Gasteiger partial charge in [0.1, 0.15) is 5.82 Å². The molecule has 0 saturated carbocycles. The molecule has 0 aliphatic rings. The Labute approximate surface area is 145 Å². The quantitative estimate of drug-likeness (QED) is 0.569. The van der Waals surface area contributed by atoms with Gasteiger partial charge in [-0.05, 0) is 29.9 Å². The van der Waals surface area contributed by atoms with Gasteiger partial charge >= 0.3 is 0 Å². The van der Waals surface area contributed by atoms with Gasteiger partial charge in [0, 0.05) is 17.5 Å². The lowest BCUT2D eigenvalue weighted by molar-refractivity contribution is 0.801. The largest absolute Gasteiger partial charge is 0.296 e. The molecule has 1 aromatic heterocycles. The van der Waals surface area contributed by atoms with Crippen LogP contribution >= 0.6 is 0 Å². The van der Waals surface area contributed by atoms with E-state index in [9.17, 15) is 0 Å². The summed E-state index contributed by atoms with van der Waals surface area (Å²) in [6, 6.07) is 17.1. The monoisotopic (exact) mass is 318 g/mol. The van der Waals surface area contributed by atoms with E-state index in [1.54, 1.807) is 0 Å². The fraction of sp³-hybridized carbons (Fsp3) is 0.318. The van der Waals surface area contributed by atoms with Crippen molar-refractivity contribution >= 4 is 0 Å². The van der Waals surface area contributed by atoms with Crippen LogP contribution in [0.4, 0.5) is 0 Å². The first kappa shape index (κ1) is 16.5. The molecular formula is C22H26N2. The summed E-state index contributed by atoms with van der Waals surface area (Å²) in [6.45, 7) is 11.2. The molecule has 3 rings (SSSR count). The number of aromatic nitrogens is 2. The van der Waals surface area contributed by atoms with Crippen molar-refractivity contribution in [3.05, 3.63) is 71.5 Å². The molecular weight excluding hydrogens is 292 g/mol. The van der Waals surface area contributed by atoms with E-state index in [1.165, 1.54) is 22.5 Å². The summed E-state index contributed by atoms with van der Waals surface area (Å²) < 4.78 is 2.33. The molecule has 0 fully saturated rings. The first-order chi connectivity index (χ1) is 11.5. The molecule has 0 radical (unpaired) electrons. The van der Waals surface area contributed by atoms with Crippen molar-refractivity contribution in [3.63, 3.8) is 0 Å². The molecule has 0 N–H and O–H groups in total. The molecule has 0 aliphatic heterocycles. The van der Waals surface area contributed by atoms with Crippen LogP contribution in [-0.2, 0) is 0 Å². The average Bonchev–Trinajstić information content (AvgIpc) is 2.96. The van der Waals surface area contributed by atoms with Gasteiger partial charge in [0.05, 0.1) is 5.69 Å². The van der Waals surface area contributed by atoms with E-state index in [-0.39, 0.29) is 0 Å². The van der Waals surface area contributed by atoms with Crippen LogP contribution in [0.1, 0.15) is 56.4 Å². The van der Waals surface area contributed by atoms with Crippen molar-refractivity contribution in [1.82, 2.24) is 9.55 Å². The summed E-state index contributed by atoms with van der Waals surface area (Å²) in [5, 5.41) is 0. The minimum atomic E-state index is 0.462. The molecule has 2 heteroatoms. The lowest BCUT2D eigenvalue weighted by Crippen LogP contribution is -2.09. The van der Waals surface area contributed by atoms with Crippen LogP contribution < -0.4 is 0 Å². The second kappa shape index (κ2) is 6.64. The van der Waals surface area contributed by atoms with Gasteiger partial charge in [-0.2, -0.15) is 0 Å². The molecule has 0 amide bonds. The minimum absolute atomic E-state index is 0.462. The first-order valence-electron chi connectivity index (χ1n) is 8.73. The molecule has 1 heterocycles. The molecule has 3 aromatic rings. The van der Waals surface area contributed by atoms with Crippen LogP contribution in [0.5, 0.6) is 0 Å². The Kier molecular flexibility index (Phi) is 4.57. The minimum Gasteiger partial charge on any atom is -0.296 e. The van der Waals surface area contributed by atoms with Gasteiger partial charge in [-0.1, -0.05) is 76.2 Å². The third-order valence-electron chi connectivity index (χ3n) is 4.54. The Morgan fingerprint density at radius 3 is 1.92 bits per heavy atom. The van der Waals surface area contributed by atoms with E-state index in [1.807, 2.05) is 12.3 Å². The van der Waals surface area contributed by atoms with Crippen LogP contribution in [0.25, 0.3) is 17.1 Å². The van der Waals surface area contributed by atoms with Crippen molar-refractivity contribution in [1.29, 1.82) is 0 Å². The first-order valence-corrected chi connectivity index (χ1v) is 8.73. The molecule has 2 aromatic carbocycles. The fourth-order valence-corrected chi connectivity index (χ4v) is 3.28. The summed E-state index contributed by atoms with van der Waals surface area (Å²) in [5.74, 6) is 1.94. The molecule has 2 nitrogen and oxygen atoms in total. The molecule has 0 bridgehead atoms. The van der Waals surface area contributed by atoms with E-state index in [0.29, 0.717) is 11.8 Å². The number of hydrogen-bond acceptors (Lipinski definition) is 1. The van der Waals surface area contributed by atoms with Crippen LogP contribution in [0, 0.1) is 6.92 Å². The van der Waals surface area contributed by atoms with E-state index in [0.717, 1.165) is 11.4 Å². The smallest absolute Gasteiger partial charge is 0.144 e. The van der Waals surface area contributed by atoms with Gasteiger partial charge in [0.25, 0.3) is 0 Å². The summed E-state index contributed by atoms with van der Waals surface area (Å²) in [5.41, 5.74) is 6.37. The lowest BCUT2D eigenvalue weighted by atomic mass is 9.92. The maximum Gasteiger partial charge on any atom is 0.144 e. The SMILES string of the molecule is Cc1cnc(-c2ccccc2)n1-c1c(C(C)C)cccc1C(C)C. The predicted octanol–water partition coefficient (Wildman–Crippen LogP) is 6.09. The highest BCUT2D eigenvalue weighted by atomic mass is 15.1. The Morgan fingerprint density at radius 1 is 0.792 bits per heavy atom. The Morgan fingerprint density at radius 2 is 1.38 bits per heavy atom. The van der Waals surface area contributed by atoms with Gasteiger partial charge in [-0.3, -0.25) is 4.57 Å². The van der Waals surface area contributed by atoms with E-state index in [2.05, 4.69) is 81.7 Å². The summed E-state index contributed by atoms with van der Waals surface area (Å²) >= 11 is 0. The van der Waals surface area contributed by atoms with Gasteiger partial charge in [0.15, 0.2) is 0 Å². The normalized spacial score (nSPS) is 11.5. The van der Waals surface area contributed by atoms with Crippen LogP contribution in [0.2, 0.25) is 0 Å². The van der Waals surface area contributed by atoms with Crippen LogP contribution in [0.3, 0.4) is 0 Å². The van der Waals surface area contributed by atoms with Crippen molar-refractivity contribution in [2.45, 2.75) is 46.5 Å². The maximum atomic E-state index is 4.73.